The molecule has 0 amide bonds. The summed E-state index contributed by atoms with van der Waals surface area (Å²) in [6.07, 6.45) is 7.00. The van der Waals surface area contributed by atoms with E-state index in [0.29, 0.717) is 0 Å². The van der Waals surface area contributed by atoms with E-state index in [2.05, 4.69) is 32.9 Å². The van der Waals surface area contributed by atoms with E-state index < -0.39 is 0 Å². The van der Waals surface area contributed by atoms with Crippen LogP contribution in [-0.2, 0) is 0 Å². The Balaban J connectivity index is 2.35. The van der Waals surface area contributed by atoms with E-state index >= 15 is 0 Å². The molecule has 0 saturated heterocycles. The van der Waals surface area contributed by atoms with Gasteiger partial charge in [0, 0.05) is 0 Å². The maximum atomic E-state index is 2.27. The molecule has 0 radical (unpaired) electrons. The third-order valence-corrected chi connectivity index (χ3v) is 1.78. The first-order valence-electron chi connectivity index (χ1n) is 4.03. The number of allylic oxidation sites excluding steroid dienone is 4. The molecule has 1 aliphatic rings. The van der Waals surface area contributed by atoms with E-state index in [1.807, 2.05) is 0 Å². The third kappa shape index (κ3) is 2.02. The fraction of sp³-hybridized carbons (Fsp3) is 0.600. The molecule has 0 heteroatoms. The van der Waals surface area contributed by atoms with Crippen LogP contribution in [0.5, 0.6) is 0 Å². The Kier molecular flexibility index (Phi) is 2.31. The van der Waals surface area contributed by atoms with Crippen LogP contribution in [0.15, 0.2) is 23.3 Å². The van der Waals surface area contributed by atoms with Crippen LogP contribution < -0.4 is 0 Å². The molecule has 0 heterocycles. The van der Waals surface area contributed by atoms with E-state index in [4.69, 9.17) is 0 Å². The lowest BCUT2D eigenvalue weighted by Crippen LogP contribution is -1.89. The first-order valence-corrected chi connectivity index (χ1v) is 4.03. The predicted octanol–water partition coefficient (Wildman–Crippen LogP) is 3.31. The Morgan fingerprint density at radius 2 is 2.10 bits per heavy atom. The molecule has 0 aromatic carbocycles. The van der Waals surface area contributed by atoms with E-state index in [9.17, 15) is 0 Å². The highest BCUT2D eigenvalue weighted by Gasteiger charge is 2.05. The summed E-state index contributed by atoms with van der Waals surface area (Å²) >= 11 is 0. The van der Waals surface area contributed by atoms with Gasteiger partial charge < -0.3 is 0 Å². The van der Waals surface area contributed by atoms with Gasteiger partial charge in [0.2, 0.25) is 0 Å². The van der Waals surface area contributed by atoms with Crippen molar-refractivity contribution in [2.75, 3.05) is 0 Å². The Labute approximate surface area is 63.6 Å². The summed E-state index contributed by atoms with van der Waals surface area (Å²) in [6.45, 7) is 6.74. The van der Waals surface area contributed by atoms with E-state index in [1.165, 1.54) is 18.4 Å². The Bertz CT molecular complexity index is 170. The summed E-state index contributed by atoms with van der Waals surface area (Å²) in [7, 11) is 0. The molecule has 0 N–H and O–H groups in total. The van der Waals surface area contributed by atoms with Gasteiger partial charge in [-0.15, -0.1) is 0 Å². The third-order valence-electron chi connectivity index (χ3n) is 1.78. The van der Waals surface area contributed by atoms with Crippen LogP contribution >= 0.6 is 0 Å². The molecule has 0 aromatic rings. The Morgan fingerprint density at radius 3 is 2.50 bits per heavy atom. The second kappa shape index (κ2) is 3.05. The maximum absolute atomic E-state index is 2.27. The van der Waals surface area contributed by atoms with Gasteiger partial charge in [0.05, 0.1) is 0 Å². The summed E-state index contributed by atoms with van der Waals surface area (Å²) in [6, 6.07) is 0. The molecule has 1 rings (SSSR count). The molecule has 0 saturated carbocycles. The minimum absolute atomic E-state index is 0.811. The summed E-state index contributed by atoms with van der Waals surface area (Å²) in [4.78, 5) is 0. The van der Waals surface area contributed by atoms with Gasteiger partial charge in [-0.25, -0.2) is 0 Å². The van der Waals surface area contributed by atoms with Crippen molar-refractivity contribution in [1.82, 2.24) is 0 Å². The van der Waals surface area contributed by atoms with Crippen LogP contribution in [0.4, 0.5) is 0 Å². The van der Waals surface area contributed by atoms with Gasteiger partial charge in [0.1, 0.15) is 0 Å². The van der Waals surface area contributed by atoms with Gasteiger partial charge in [0.25, 0.3) is 0 Å². The number of hydrogen-bond donors (Lipinski definition) is 0. The minimum atomic E-state index is 0.811. The normalized spacial score (nSPS) is 17.6. The van der Waals surface area contributed by atoms with Crippen LogP contribution in [0.3, 0.4) is 0 Å². The van der Waals surface area contributed by atoms with Crippen LogP contribution in [-0.4, -0.2) is 0 Å². The smallest absolute Gasteiger partial charge is 0.0105 e. The van der Waals surface area contributed by atoms with Crippen LogP contribution in [0.2, 0.25) is 0 Å². The largest absolute Gasteiger partial charge is 0.0693 e. The Morgan fingerprint density at radius 1 is 1.40 bits per heavy atom. The zero-order chi connectivity index (χ0) is 7.56. The average molecular weight is 136 g/mol. The molecule has 0 atom stereocenters. The standard InChI is InChI=1S/C10H16/c1-8(2)6-10-5-4-9(3)7-10/h4-5,8H,6-7H2,1-3H3. The van der Waals surface area contributed by atoms with Crippen LogP contribution in [0.25, 0.3) is 0 Å². The molecule has 10 heavy (non-hydrogen) atoms. The van der Waals surface area contributed by atoms with Gasteiger partial charge in [-0.2, -0.15) is 0 Å². The molecule has 0 aliphatic heterocycles. The fourth-order valence-corrected chi connectivity index (χ4v) is 1.40. The molecular formula is C10H16. The van der Waals surface area contributed by atoms with Crippen molar-refractivity contribution in [3.8, 4) is 0 Å². The number of rotatable bonds is 2. The van der Waals surface area contributed by atoms with Crippen molar-refractivity contribution in [3.63, 3.8) is 0 Å². The van der Waals surface area contributed by atoms with E-state index in [0.717, 1.165) is 5.92 Å². The van der Waals surface area contributed by atoms with Crippen LogP contribution in [0, 0.1) is 5.92 Å². The molecule has 0 bridgehead atoms. The van der Waals surface area contributed by atoms with Gasteiger partial charge in [-0.3, -0.25) is 0 Å². The highest BCUT2D eigenvalue weighted by molar-refractivity contribution is 5.29. The molecule has 1 aliphatic carbocycles. The second-order valence-corrected chi connectivity index (χ2v) is 3.61. The molecule has 0 nitrogen and oxygen atoms in total. The molecule has 0 spiro atoms. The lowest BCUT2D eigenvalue weighted by atomic mass is 10.0. The van der Waals surface area contributed by atoms with Crippen molar-refractivity contribution in [3.05, 3.63) is 23.3 Å². The van der Waals surface area contributed by atoms with Crippen molar-refractivity contribution in [2.24, 2.45) is 5.92 Å². The number of hydrogen-bond acceptors (Lipinski definition) is 0. The van der Waals surface area contributed by atoms with E-state index in [1.54, 1.807) is 5.57 Å². The highest BCUT2D eigenvalue weighted by Crippen LogP contribution is 2.23. The Hall–Kier alpha value is -0.520. The summed E-state index contributed by atoms with van der Waals surface area (Å²) in [5.41, 5.74) is 3.11. The van der Waals surface area contributed by atoms with Gasteiger partial charge in [0.15, 0.2) is 0 Å². The van der Waals surface area contributed by atoms with Crippen molar-refractivity contribution >= 4 is 0 Å². The zero-order valence-electron chi connectivity index (χ0n) is 7.15. The fourth-order valence-electron chi connectivity index (χ4n) is 1.40. The molecule has 0 fully saturated rings. The summed E-state index contributed by atoms with van der Waals surface area (Å²) in [5, 5.41) is 0. The zero-order valence-corrected chi connectivity index (χ0v) is 7.15. The van der Waals surface area contributed by atoms with Crippen molar-refractivity contribution in [2.45, 2.75) is 33.6 Å². The molecule has 56 valence electrons. The molecule has 0 aromatic heterocycles. The molecular weight excluding hydrogens is 120 g/mol. The van der Waals surface area contributed by atoms with Gasteiger partial charge in [-0.05, 0) is 25.7 Å². The maximum Gasteiger partial charge on any atom is -0.0105 e. The first kappa shape index (κ1) is 7.59. The summed E-state index contributed by atoms with van der Waals surface area (Å²) in [5.74, 6) is 0.811. The average Bonchev–Trinajstić information content (AvgIpc) is 2.13. The highest BCUT2D eigenvalue weighted by atomic mass is 14.1. The van der Waals surface area contributed by atoms with E-state index in [-0.39, 0.29) is 0 Å². The molecule has 0 unspecified atom stereocenters. The van der Waals surface area contributed by atoms with Crippen molar-refractivity contribution < 1.29 is 0 Å². The minimum Gasteiger partial charge on any atom is -0.0693 e. The SMILES string of the molecule is CC1=CC=C(CC(C)C)C1. The quantitative estimate of drug-likeness (QED) is 0.546. The van der Waals surface area contributed by atoms with Crippen molar-refractivity contribution in [1.29, 1.82) is 0 Å². The predicted molar refractivity (Wildman–Crippen MR) is 45.9 cm³/mol. The lowest BCUT2D eigenvalue weighted by molar-refractivity contribution is 0.635. The topological polar surface area (TPSA) is 0 Å². The van der Waals surface area contributed by atoms with Gasteiger partial charge in [-0.1, -0.05) is 37.1 Å². The van der Waals surface area contributed by atoms with Crippen LogP contribution in [0.1, 0.15) is 33.6 Å². The lowest BCUT2D eigenvalue weighted by Gasteiger charge is -2.04. The summed E-state index contributed by atoms with van der Waals surface area (Å²) < 4.78 is 0. The monoisotopic (exact) mass is 136 g/mol. The first-order chi connectivity index (χ1) is 4.68. The van der Waals surface area contributed by atoms with Gasteiger partial charge >= 0.3 is 0 Å². The second-order valence-electron chi connectivity index (χ2n) is 3.61.